The lowest BCUT2D eigenvalue weighted by Gasteiger charge is -2.20. The molecule has 0 radical (unpaired) electrons. The van der Waals surface area contributed by atoms with Gasteiger partial charge < -0.3 is 25.2 Å². The molecular weight excluding hydrogens is 474 g/mol. The molecule has 2 unspecified atom stereocenters. The van der Waals surface area contributed by atoms with Crippen molar-refractivity contribution in [3.8, 4) is 0 Å². The Balaban J connectivity index is 2.11. The van der Waals surface area contributed by atoms with Gasteiger partial charge in [0.05, 0.1) is 0 Å². The number of nitrogen functional groups attached to an aromatic ring is 1. The number of hydrogen-bond acceptors (Lipinski definition) is 11. The zero-order valence-electron chi connectivity index (χ0n) is 13.5. The van der Waals surface area contributed by atoms with Gasteiger partial charge in [0, 0.05) is 12.4 Å². The summed E-state index contributed by atoms with van der Waals surface area (Å²) >= 11 is 0.710. The van der Waals surface area contributed by atoms with Crippen LogP contribution in [-0.2, 0) is 31.6 Å². The van der Waals surface area contributed by atoms with Crippen LogP contribution in [-0.4, -0.2) is 42.3 Å². The summed E-state index contributed by atoms with van der Waals surface area (Å²) in [5.74, 6) is -2.38. The number of halogens is 1. The van der Waals surface area contributed by atoms with Crippen molar-refractivity contribution < 1.29 is 50.6 Å². The first kappa shape index (κ1) is 23.4. The SMILES string of the molecule is CP(=O)(O[C@H]1O[C@H](n2c(=O)[nH]c(N)c(F)c2=O)CS1)OP(=O)(O)OP(=O)(O)O. The number of nitrogens with one attached hydrogen (secondary N) is 1. The Morgan fingerprint density at radius 1 is 1.29 bits per heavy atom. The molecule has 0 amide bonds. The molecule has 1 aliphatic heterocycles. The fourth-order valence-corrected chi connectivity index (χ4v) is 6.82. The van der Waals surface area contributed by atoms with E-state index in [9.17, 15) is 32.6 Å². The molecule has 4 atom stereocenters. The predicted octanol–water partition coefficient (Wildman–Crippen LogP) is -0.131. The van der Waals surface area contributed by atoms with Gasteiger partial charge in [0.1, 0.15) is 5.82 Å². The predicted molar refractivity (Wildman–Crippen MR) is 90.7 cm³/mol. The van der Waals surface area contributed by atoms with Crippen molar-refractivity contribution in [3.05, 3.63) is 26.7 Å². The summed E-state index contributed by atoms with van der Waals surface area (Å²) in [4.78, 5) is 51.7. The van der Waals surface area contributed by atoms with Crippen LogP contribution < -0.4 is 17.0 Å². The lowest BCUT2D eigenvalue weighted by molar-refractivity contribution is -0.0744. The van der Waals surface area contributed by atoms with Gasteiger partial charge in [0.25, 0.3) is 5.56 Å². The second kappa shape index (κ2) is 8.13. The minimum Gasteiger partial charge on any atom is -0.383 e. The maximum absolute atomic E-state index is 13.6. The molecule has 2 rings (SSSR count). The largest absolute Gasteiger partial charge is 0.488 e. The Morgan fingerprint density at radius 3 is 2.46 bits per heavy atom. The summed E-state index contributed by atoms with van der Waals surface area (Å²) in [6.45, 7) is 0.665. The lowest BCUT2D eigenvalue weighted by atomic mass is 10.5. The van der Waals surface area contributed by atoms with E-state index >= 15 is 0 Å². The van der Waals surface area contributed by atoms with Gasteiger partial charge in [0.2, 0.25) is 11.4 Å². The number of nitrogens with two attached hydrogens (primary N) is 1. The normalized spacial score (nSPS) is 24.6. The minimum absolute atomic E-state index is 0.174. The molecule has 1 fully saturated rings. The summed E-state index contributed by atoms with van der Waals surface area (Å²) < 4.78 is 65.6. The van der Waals surface area contributed by atoms with Crippen LogP contribution in [0.2, 0.25) is 0 Å². The quantitative estimate of drug-likeness (QED) is 0.316. The number of aromatic nitrogens is 2. The van der Waals surface area contributed by atoms with Crippen molar-refractivity contribution in [2.75, 3.05) is 18.2 Å². The Hall–Kier alpha value is -0.830. The fourth-order valence-electron chi connectivity index (χ4n) is 1.88. The summed E-state index contributed by atoms with van der Waals surface area (Å²) in [6.07, 6.45) is -1.38. The van der Waals surface area contributed by atoms with Gasteiger partial charge in [-0.1, -0.05) is 11.8 Å². The van der Waals surface area contributed by atoms with Gasteiger partial charge >= 0.3 is 28.9 Å². The molecular formula is C8H13FN3O12P3S. The molecule has 6 N–H and O–H groups in total. The van der Waals surface area contributed by atoms with Gasteiger partial charge in [0.15, 0.2) is 6.23 Å². The van der Waals surface area contributed by atoms with E-state index in [0.29, 0.717) is 23.0 Å². The van der Waals surface area contributed by atoms with Crippen molar-refractivity contribution in [2.24, 2.45) is 0 Å². The molecule has 0 saturated carbocycles. The average molecular weight is 487 g/mol. The van der Waals surface area contributed by atoms with E-state index in [-0.39, 0.29) is 5.75 Å². The number of ether oxygens (including phenoxy) is 1. The van der Waals surface area contributed by atoms with Gasteiger partial charge in [-0.25, -0.2) is 22.8 Å². The fraction of sp³-hybridized carbons (Fsp3) is 0.500. The number of nitrogens with zero attached hydrogens (tertiary/aromatic N) is 1. The molecule has 0 aromatic carbocycles. The highest BCUT2D eigenvalue weighted by Crippen LogP contribution is 2.67. The summed E-state index contributed by atoms with van der Waals surface area (Å²) in [7, 11) is -15.4. The maximum Gasteiger partial charge on any atom is 0.488 e. The van der Waals surface area contributed by atoms with Crippen molar-refractivity contribution >= 4 is 40.8 Å². The number of thioether (sulfide) groups is 1. The van der Waals surface area contributed by atoms with Crippen LogP contribution in [0.4, 0.5) is 10.2 Å². The monoisotopic (exact) mass is 487 g/mol. The summed E-state index contributed by atoms with van der Waals surface area (Å²) in [5.41, 5.74) is 1.10. The van der Waals surface area contributed by atoms with E-state index in [1.165, 1.54) is 0 Å². The molecule has 1 saturated heterocycles. The molecule has 1 aromatic rings. The molecule has 2 heterocycles. The number of rotatable bonds is 7. The van der Waals surface area contributed by atoms with Crippen LogP contribution in [0, 0.1) is 5.82 Å². The number of H-pyrrole nitrogens is 1. The van der Waals surface area contributed by atoms with Crippen molar-refractivity contribution in [2.45, 2.75) is 11.8 Å². The molecule has 20 heteroatoms. The van der Waals surface area contributed by atoms with E-state index in [0.717, 1.165) is 0 Å². The third-order valence-corrected chi connectivity index (χ3v) is 8.14. The zero-order valence-corrected chi connectivity index (χ0v) is 17.0. The van der Waals surface area contributed by atoms with E-state index in [2.05, 4.69) is 8.62 Å². The summed E-state index contributed by atoms with van der Waals surface area (Å²) in [6, 6.07) is 0. The first-order valence-electron chi connectivity index (χ1n) is 6.74. The second-order valence-electron chi connectivity index (χ2n) is 5.04. The Labute approximate surface area is 158 Å². The molecule has 0 aliphatic carbocycles. The van der Waals surface area contributed by atoms with Gasteiger partial charge in [-0.15, -0.1) is 0 Å². The third-order valence-electron chi connectivity index (χ3n) is 2.77. The first-order valence-corrected chi connectivity index (χ1v) is 12.8. The van der Waals surface area contributed by atoms with E-state index in [4.69, 9.17) is 24.8 Å². The maximum atomic E-state index is 13.6. The van der Waals surface area contributed by atoms with Crippen LogP contribution in [0.25, 0.3) is 0 Å². The molecule has 1 aliphatic rings. The van der Waals surface area contributed by atoms with E-state index in [1.54, 1.807) is 0 Å². The van der Waals surface area contributed by atoms with Crippen molar-refractivity contribution in [3.63, 3.8) is 0 Å². The molecule has 0 bridgehead atoms. The second-order valence-corrected chi connectivity index (χ2v) is 11.1. The highest BCUT2D eigenvalue weighted by atomic mass is 32.2. The van der Waals surface area contributed by atoms with Crippen LogP contribution >= 0.6 is 35.0 Å². The van der Waals surface area contributed by atoms with Crippen LogP contribution in [0.3, 0.4) is 0 Å². The number of aromatic amines is 1. The number of phosphoric acid groups is 2. The van der Waals surface area contributed by atoms with Gasteiger partial charge in [-0.2, -0.15) is 8.70 Å². The van der Waals surface area contributed by atoms with Crippen LogP contribution in [0.15, 0.2) is 9.59 Å². The molecule has 0 spiro atoms. The van der Waals surface area contributed by atoms with E-state index in [1.807, 2.05) is 4.98 Å². The highest BCUT2D eigenvalue weighted by molar-refractivity contribution is 8.00. The number of anilines is 1. The summed E-state index contributed by atoms with van der Waals surface area (Å²) in [5, 5.41) is 0. The van der Waals surface area contributed by atoms with Crippen molar-refractivity contribution in [1.29, 1.82) is 0 Å². The topological polar surface area (TPSA) is 230 Å². The average Bonchev–Trinajstić information content (AvgIpc) is 2.88. The zero-order chi connectivity index (χ0) is 21.5. The van der Waals surface area contributed by atoms with Crippen LogP contribution in [0.1, 0.15) is 6.23 Å². The molecule has 160 valence electrons. The molecule has 28 heavy (non-hydrogen) atoms. The van der Waals surface area contributed by atoms with Gasteiger partial charge in [-0.3, -0.25) is 18.9 Å². The van der Waals surface area contributed by atoms with E-state index < -0.39 is 58.0 Å². The van der Waals surface area contributed by atoms with Crippen LogP contribution in [0.5, 0.6) is 0 Å². The number of hydrogen-bond donors (Lipinski definition) is 5. The standard InChI is InChI=1S/C8H13FN3O12P3S/c1-25(15,23-27(19,20)24-26(16,17)18)22-8-21-3(2-28-8)12-6(13)4(9)5(10)11-7(12)14/h3,8H,2,10H2,1H3,(H,11,14)(H,19,20)(H2,16,17,18)/t3-,8+,25?/m0/s1. The first-order chi connectivity index (χ1) is 12.6. The Bertz CT molecular complexity index is 1020. The Morgan fingerprint density at radius 2 is 1.89 bits per heavy atom. The third kappa shape index (κ3) is 6.08. The smallest absolute Gasteiger partial charge is 0.383 e. The lowest BCUT2D eigenvalue weighted by Crippen LogP contribution is -2.41. The van der Waals surface area contributed by atoms with Crippen molar-refractivity contribution in [1.82, 2.24) is 9.55 Å². The molecule has 15 nitrogen and oxygen atoms in total. The highest BCUT2D eigenvalue weighted by Gasteiger charge is 2.42. The van der Waals surface area contributed by atoms with Gasteiger partial charge in [-0.05, 0) is 0 Å². The Kier molecular flexibility index (Phi) is 6.81. The minimum atomic E-state index is -5.48. The molecule has 1 aromatic heterocycles.